The van der Waals surface area contributed by atoms with Gasteiger partial charge >= 0.3 is 11.9 Å². The van der Waals surface area contributed by atoms with Crippen LogP contribution in [0.4, 0.5) is 0 Å². The van der Waals surface area contributed by atoms with E-state index in [1.807, 2.05) is 0 Å². The maximum Gasteiger partial charge on any atom is 0.306 e. The first-order valence-corrected chi connectivity index (χ1v) is 19.2. The fraction of sp³-hybridized carbons (Fsp3) is 0.897. The van der Waals surface area contributed by atoms with Gasteiger partial charge in [-0.15, -0.1) is 0 Å². The summed E-state index contributed by atoms with van der Waals surface area (Å²) in [5, 5.41) is 0. The van der Waals surface area contributed by atoms with Crippen molar-refractivity contribution in [2.75, 3.05) is 19.8 Å². The Kier molecular flexibility index (Phi) is 35.0. The fourth-order valence-corrected chi connectivity index (χ4v) is 5.38. The van der Waals surface area contributed by atoms with Crippen LogP contribution < -0.4 is 0 Å². The van der Waals surface area contributed by atoms with Crippen molar-refractivity contribution in [1.82, 2.24) is 0 Å². The SMILES string of the molecule is CCCCCC/C=C\CCCCCCCC(=O)OCC(COCCCCCCCCCCCC)OC(=O)CCCCCCC. The Labute approximate surface area is 274 Å². The van der Waals surface area contributed by atoms with Crippen LogP contribution >= 0.6 is 0 Å². The van der Waals surface area contributed by atoms with E-state index in [1.54, 1.807) is 0 Å². The van der Waals surface area contributed by atoms with Crippen molar-refractivity contribution >= 4 is 11.9 Å². The summed E-state index contributed by atoms with van der Waals surface area (Å²) in [5.74, 6) is -0.414. The molecule has 0 aliphatic carbocycles. The van der Waals surface area contributed by atoms with Gasteiger partial charge in [0.05, 0.1) is 6.61 Å². The van der Waals surface area contributed by atoms with Crippen molar-refractivity contribution in [3.63, 3.8) is 0 Å². The van der Waals surface area contributed by atoms with Crippen LogP contribution in [0.5, 0.6) is 0 Å². The summed E-state index contributed by atoms with van der Waals surface area (Å²) in [7, 11) is 0. The number of ether oxygens (including phenoxy) is 3. The second-order valence-electron chi connectivity index (χ2n) is 12.8. The van der Waals surface area contributed by atoms with E-state index >= 15 is 0 Å². The molecule has 0 saturated heterocycles. The van der Waals surface area contributed by atoms with Crippen molar-refractivity contribution in [2.45, 2.75) is 207 Å². The molecule has 0 bridgehead atoms. The molecule has 0 aromatic heterocycles. The Morgan fingerprint density at radius 2 is 0.886 bits per heavy atom. The van der Waals surface area contributed by atoms with Crippen LogP contribution in [0.2, 0.25) is 0 Å². The Hall–Kier alpha value is -1.36. The van der Waals surface area contributed by atoms with Crippen molar-refractivity contribution in [1.29, 1.82) is 0 Å². The molecule has 1 unspecified atom stereocenters. The van der Waals surface area contributed by atoms with Gasteiger partial charge in [-0.25, -0.2) is 0 Å². The summed E-state index contributed by atoms with van der Waals surface area (Å²) in [6.07, 6.45) is 36.5. The van der Waals surface area contributed by atoms with Gasteiger partial charge in [0.2, 0.25) is 0 Å². The molecule has 5 heteroatoms. The minimum atomic E-state index is -0.523. The molecule has 260 valence electrons. The van der Waals surface area contributed by atoms with Crippen molar-refractivity contribution < 1.29 is 23.8 Å². The topological polar surface area (TPSA) is 61.8 Å². The number of allylic oxidation sites excluding steroid dienone is 2. The van der Waals surface area contributed by atoms with Gasteiger partial charge in [0.15, 0.2) is 6.10 Å². The summed E-state index contributed by atoms with van der Waals surface area (Å²) >= 11 is 0. The van der Waals surface area contributed by atoms with Crippen molar-refractivity contribution in [3.05, 3.63) is 12.2 Å². The minimum absolute atomic E-state index is 0.0865. The molecule has 0 aromatic carbocycles. The monoisotopic (exact) mass is 623 g/mol. The van der Waals surface area contributed by atoms with E-state index in [-0.39, 0.29) is 18.5 Å². The first kappa shape index (κ1) is 42.6. The zero-order chi connectivity index (χ0) is 32.2. The van der Waals surface area contributed by atoms with Gasteiger partial charge in [0.1, 0.15) is 6.61 Å². The summed E-state index contributed by atoms with van der Waals surface area (Å²) in [6, 6.07) is 0. The average Bonchev–Trinajstić information content (AvgIpc) is 3.02. The highest BCUT2D eigenvalue weighted by atomic mass is 16.6. The quantitative estimate of drug-likeness (QED) is 0.0400. The second-order valence-corrected chi connectivity index (χ2v) is 12.8. The number of carbonyl (C=O) groups is 2. The third-order valence-corrected chi connectivity index (χ3v) is 8.30. The Balaban J connectivity index is 4.10. The molecular formula is C39H74O5. The second kappa shape index (κ2) is 36.1. The zero-order valence-electron chi connectivity index (χ0n) is 29.7. The van der Waals surface area contributed by atoms with Gasteiger partial charge in [-0.2, -0.15) is 0 Å². The summed E-state index contributed by atoms with van der Waals surface area (Å²) in [6.45, 7) is 7.73. The molecule has 44 heavy (non-hydrogen) atoms. The van der Waals surface area contributed by atoms with E-state index in [1.165, 1.54) is 116 Å². The molecule has 0 heterocycles. The first-order valence-electron chi connectivity index (χ1n) is 19.2. The van der Waals surface area contributed by atoms with Gasteiger partial charge in [-0.3, -0.25) is 9.59 Å². The maximum atomic E-state index is 12.4. The maximum absolute atomic E-state index is 12.4. The molecule has 0 aliphatic rings. The molecule has 0 amide bonds. The predicted molar refractivity (Wildman–Crippen MR) is 187 cm³/mol. The first-order chi connectivity index (χ1) is 21.6. The van der Waals surface area contributed by atoms with Crippen LogP contribution in [-0.2, 0) is 23.8 Å². The molecule has 5 nitrogen and oxygen atoms in total. The molecule has 0 radical (unpaired) electrons. The van der Waals surface area contributed by atoms with E-state index in [2.05, 4.69) is 32.9 Å². The van der Waals surface area contributed by atoms with E-state index in [0.717, 1.165) is 51.4 Å². The lowest BCUT2D eigenvalue weighted by Gasteiger charge is -2.18. The smallest absolute Gasteiger partial charge is 0.306 e. The van der Waals surface area contributed by atoms with Crippen LogP contribution in [0.1, 0.15) is 201 Å². The van der Waals surface area contributed by atoms with E-state index in [9.17, 15) is 9.59 Å². The average molecular weight is 623 g/mol. The third-order valence-electron chi connectivity index (χ3n) is 8.30. The zero-order valence-corrected chi connectivity index (χ0v) is 29.7. The highest BCUT2D eigenvalue weighted by molar-refractivity contribution is 5.70. The lowest BCUT2D eigenvalue weighted by molar-refractivity contribution is -0.163. The van der Waals surface area contributed by atoms with Gasteiger partial charge in [0.25, 0.3) is 0 Å². The number of rotatable bonds is 35. The lowest BCUT2D eigenvalue weighted by Crippen LogP contribution is -2.30. The van der Waals surface area contributed by atoms with Crippen LogP contribution in [0.25, 0.3) is 0 Å². The van der Waals surface area contributed by atoms with Crippen LogP contribution in [-0.4, -0.2) is 37.9 Å². The Bertz CT molecular complexity index is 632. The standard InChI is InChI=1S/C39H74O5/c1-4-7-10-13-15-17-19-20-21-22-24-27-29-32-38(40)43-36-37(44-39(41)33-30-26-12-9-6-3)35-42-34-31-28-25-23-18-16-14-11-8-5-2/h17,19,37H,4-16,18,20-36H2,1-3H3/b19-17-. The lowest BCUT2D eigenvalue weighted by atomic mass is 10.1. The minimum Gasteiger partial charge on any atom is -0.462 e. The highest BCUT2D eigenvalue weighted by Gasteiger charge is 2.17. The molecule has 0 aliphatic heterocycles. The van der Waals surface area contributed by atoms with Gasteiger partial charge in [-0.1, -0.05) is 155 Å². The molecule has 0 fully saturated rings. The molecule has 0 rings (SSSR count). The normalized spacial score (nSPS) is 12.2. The Morgan fingerprint density at radius 3 is 1.41 bits per heavy atom. The van der Waals surface area contributed by atoms with Crippen LogP contribution in [0.15, 0.2) is 12.2 Å². The predicted octanol–water partition coefficient (Wildman–Crippen LogP) is 12.0. The van der Waals surface area contributed by atoms with E-state index < -0.39 is 6.10 Å². The Morgan fingerprint density at radius 1 is 0.477 bits per heavy atom. The van der Waals surface area contributed by atoms with Crippen molar-refractivity contribution in [2.24, 2.45) is 0 Å². The van der Waals surface area contributed by atoms with E-state index in [0.29, 0.717) is 26.1 Å². The molecule has 0 saturated carbocycles. The van der Waals surface area contributed by atoms with Gasteiger partial charge in [0, 0.05) is 19.4 Å². The highest BCUT2D eigenvalue weighted by Crippen LogP contribution is 2.13. The molecule has 0 N–H and O–H groups in total. The summed E-state index contributed by atoms with van der Waals surface area (Å²) in [5.41, 5.74) is 0. The fourth-order valence-electron chi connectivity index (χ4n) is 5.38. The summed E-state index contributed by atoms with van der Waals surface area (Å²) in [4.78, 5) is 24.8. The molecule has 0 aromatic rings. The number of carbonyl (C=O) groups excluding carboxylic acids is 2. The summed E-state index contributed by atoms with van der Waals surface area (Å²) < 4.78 is 17.1. The van der Waals surface area contributed by atoms with Gasteiger partial charge < -0.3 is 14.2 Å². The number of esters is 2. The van der Waals surface area contributed by atoms with Crippen LogP contribution in [0.3, 0.4) is 0 Å². The number of hydrogen-bond donors (Lipinski definition) is 0. The number of hydrogen-bond acceptors (Lipinski definition) is 5. The van der Waals surface area contributed by atoms with Crippen LogP contribution in [0, 0.1) is 0 Å². The van der Waals surface area contributed by atoms with Gasteiger partial charge in [-0.05, 0) is 44.9 Å². The molecule has 1 atom stereocenters. The van der Waals surface area contributed by atoms with E-state index in [4.69, 9.17) is 14.2 Å². The number of unbranched alkanes of at least 4 members (excludes halogenated alkanes) is 22. The third kappa shape index (κ3) is 33.5. The van der Waals surface area contributed by atoms with Crippen molar-refractivity contribution in [3.8, 4) is 0 Å². The molecule has 0 spiro atoms. The largest absolute Gasteiger partial charge is 0.462 e. The molecular weight excluding hydrogens is 548 g/mol.